The number of ether oxygens (including phenoxy) is 2. The molecule has 0 saturated carbocycles. The summed E-state index contributed by atoms with van der Waals surface area (Å²) in [5.41, 5.74) is 0. The van der Waals surface area contributed by atoms with E-state index >= 15 is 0 Å². The molecule has 10 heteroatoms. The van der Waals surface area contributed by atoms with Crippen LogP contribution in [0.4, 0.5) is 0 Å². The second-order valence-corrected chi connectivity index (χ2v) is 10.2. The Bertz CT molecular complexity index is 437. The van der Waals surface area contributed by atoms with Gasteiger partial charge in [-0.25, -0.2) is 4.57 Å². The largest absolute Gasteiger partial charge is 0.466 e. The fraction of sp³-hybridized carbons (Fsp3) is 0.625. The van der Waals surface area contributed by atoms with E-state index in [-0.39, 0.29) is 16.3 Å². The summed E-state index contributed by atoms with van der Waals surface area (Å²) in [6, 6.07) is 0. The average Bonchev–Trinajstić information content (AvgIpc) is 2.55. The number of carbonyl (C=O) groups excluding carboxylic acids is 2. The molecule has 0 aromatic carbocycles. The van der Waals surface area contributed by atoms with Crippen LogP contribution in [0, 0.1) is 0 Å². The number of unbranched alkanes of at least 4 members (excludes halogenated alkanes) is 2. The van der Waals surface area contributed by atoms with Crippen molar-refractivity contribution in [3.05, 3.63) is 25.3 Å². The van der Waals surface area contributed by atoms with E-state index in [1.807, 2.05) is 0 Å². The maximum atomic E-state index is 11.4. The van der Waals surface area contributed by atoms with Gasteiger partial charge in [-0.05, 0) is 0 Å². The first-order chi connectivity index (χ1) is 12.1. The van der Waals surface area contributed by atoms with Crippen LogP contribution in [0.2, 0.25) is 0 Å². The minimum absolute atomic E-state index is 0.0533. The van der Waals surface area contributed by atoms with E-state index in [0.717, 1.165) is 38.5 Å². The van der Waals surface area contributed by atoms with Gasteiger partial charge in [0, 0.05) is 0 Å². The topological polar surface area (TPSA) is 130 Å². The van der Waals surface area contributed by atoms with E-state index in [9.17, 15) is 9.59 Å². The summed E-state index contributed by atoms with van der Waals surface area (Å²) in [4.78, 5) is 44.4. The normalized spacial score (nSPS) is 12.5. The molecular weight excluding hydrogens is 391 g/mol. The Hall–Kier alpha value is -0.210. The number of rotatable bonds is 12. The zero-order valence-electron chi connectivity index (χ0n) is 15.5. The van der Waals surface area contributed by atoms with Gasteiger partial charge in [-0.1, -0.05) is 0 Å². The SMILES string of the molecule is C=CC(=O)O[CH](CCCC)[Ca][CH](CCCC)OC(=O)C=C.O=P(O)(O)O. The maximum absolute atomic E-state index is 11.4. The van der Waals surface area contributed by atoms with Gasteiger partial charge in [0.05, 0.1) is 0 Å². The van der Waals surface area contributed by atoms with Crippen molar-refractivity contribution in [1.82, 2.24) is 0 Å². The number of hydrogen-bond donors (Lipinski definition) is 3. The summed E-state index contributed by atoms with van der Waals surface area (Å²) in [7, 11) is -4.64. The smallest absolute Gasteiger partial charge is 0.303 e. The van der Waals surface area contributed by atoms with Gasteiger partial charge in [-0.2, -0.15) is 0 Å². The predicted octanol–water partition coefficient (Wildman–Crippen LogP) is 2.25. The van der Waals surface area contributed by atoms with Crippen molar-refractivity contribution in [1.29, 1.82) is 0 Å². The fourth-order valence-electron chi connectivity index (χ4n) is 2.03. The Morgan fingerprint density at radius 1 is 0.962 bits per heavy atom. The molecule has 0 saturated heterocycles. The van der Waals surface area contributed by atoms with Gasteiger partial charge >= 0.3 is 155 Å². The molecule has 0 aromatic rings. The van der Waals surface area contributed by atoms with Gasteiger partial charge in [-0.15, -0.1) is 0 Å². The third-order valence-corrected chi connectivity index (χ3v) is 6.62. The second kappa shape index (κ2) is 16.9. The minimum atomic E-state index is -4.64. The fourth-order valence-corrected chi connectivity index (χ4v) is 5.40. The molecule has 0 fully saturated rings. The van der Waals surface area contributed by atoms with Crippen LogP contribution in [-0.2, 0) is 23.6 Å². The number of carbonyl (C=O) groups is 2. The van der Waals surface area contributed by atoms with Gasteiger partial charge in [0.25, 0.3) is 0 Å². The molecule has 0 aliphatic carbocycles. The van der Waals surface area contributed by atoms with Crippen LogP contribution in [-0.4, -0.2) is 64.9 Å². The summed E-state index contributed by atoms with van der Waals surface area (Å²) < 4.78 is 19.6. The Kier molecular flexibility index (Phi) is 18.2. The molecule has 0 spiro atoms. The Morgan fingerprint density at radius 3 is 1.50 bits per heavy atom. The third kappa shape index (κ3) is 21.8. The summed E-state index contributed by atoms with van der Waals surface area (Å²) in [6.07, 6.45) is 8.21. The summed E-state index contributed by atoms with van der Waals surface area (Å²) in [5.74, 6) is -0.767. The Labute approximate surface area is 173 Å². The molecule has 0 bridgehead atoms. The predicted molar refractivity (Wildman–Crippen MR) is 99.2 cm³/mol. The van der Waals surface area contributed by atoms with Gasteiger partial charge in [0.15, 0.2) is 0 Å². The van der Waals surface area contributed by atoms with Crippen LogP contribution in [0.1, 0.15) is 52.4 Å². The standard InChI is InChI=1S/2C8H13O2.Ca.H3O4P/c2*1-3-5-6-7-10-8(9)4-2;;1-5(2,3)4/h2*4,7H,2-3,5-6H2,1H3;;(H3,1,2,3,4). The molecule has 0 aliphatic heterocycles. The molecule has 0 radical (unpaired) electrons. The molecule has 2 unspecified atom stereocenters. The van der Waals surface area contributed by atoms with Gasteiger partial charge < -0.3 is 14.7 Å². The van der Waals surface area contributed by atoms with Crippen molar-refractivity contribution in [2.45, 2.75) is 56.8 Å². The molecule has 0 rings (SSSR count). The van der Waals surface area contributed by atoms with E-state index < -0.39 is 41.7 Å². The average molecular weight is 420 g/mol. The van der Waals surface area contributed by atoms with E-state index in [1.165, 1.54) is 12.2 Å². The van der Waals surface area contributed by atoms with E-state index in [4.69, 9.17) is 28.7 Å². The first-order valence-electron chi connectivity index (χ1n) is 8.51. The number of esters is 2. The summed E-state index contributed by atoms with van der Waals surface area (Å²) in [5, 5.41) is 0. The van der Waals surface area contributed by atoms with Crippen LogP contribution < -0.4 is 0 Å². The van der Waals surface area contributed by atoms with Crippen molar-refractivity contribution in [3.8, 4) is 0 Å². The second-order valence-electron chi connectivity index (χ2n) is 5.56. The molecule has 0 aliphatic rings. The van der Waals surface area contributed by atoms with E-state index in [0.29, 0.717) is 0 Å². The molecule has 0 amide bonds. The minimum Gasteiger partial charge on any atom is -0.303 e. The monoisotopic (exact) mass is 420 g/mol. The zero-order valence-corrected chi connectivity index (χ0v) is 18.6. The van der Waals surface area contributed by atoms with Gasteiger partial charge in [0.1, 0.15) is 0 Å². The van der Waals surface area contributed by atoms with Crippen molar-refractivity contribution in [2.24, 2.45) is 0 Å². The molecule has 148 valence electrons. The van der Waals surface area contributed by atoms with Crippen LogP contribution in [0.3, 0.4) is 0 Å². The maximum Gasteiger partial charge on any atom is 0.466 e. The third-order valence-electron chi connectivity index (χ3n) is 3.18. The Balaban J connectivity index is 0. The molecule has 2 atom stereocenters. The summed E-state index contributed by atoms with van der Waals surface area (Å²) in [6.45, 7) is 11.1. The molecule has 0 heterocycles. The number of phosphoric acid groups is 1. The zero-order chi connectivity index (χ0) is 20.6. The quantitative estimate of drug-likeness (QED) is 0.190. The summed E-state index contributed by atoms with van der Waals surface area (Å²) >= 11 is -1.38. The first-order valence-corrected chi connectivity index (χ1v) is 12.6. The van der Waals surface area contributed by atoms with Crippen LogP contribution in [0.5, 0.6) is 0 Å². The van der Waals surface area contributed by atoms with Gasteiger partial charge in [0.2, 0.25) is 0 Å². The van der Waals surface area contributed by atoms with Crippen molar-refractivity contribution >= 4 is 53.6 Å². The van der Waals surface area contributed by atoms with Crippen LogP contribution in [0.15, 0.2) is 25.3 Å². The molecule has 8 nitrogen and oxygen atoms in total. The van der Waals surface area contributed by atoms with E-state index in [2.05, 4.69) is 27.0 Å². The molecule has 3 N–H and O–H groups in total. The first kappa shape index (κ1) is 28.0. The molecule has 0 aromatic heterocycles. The van der Waals surface area contributed by atoms with Crippen molar-refractivity contribution < 1.29 is 38.3 Å². The molecule has 26 heavy (non-hydrogen) atoms. The van der Waals surface area contributed by atoms with Crippen LogP contribution in [0.25, 0.3) is 0 Å². The van der Waals surface area contributed by atoms with Crippen molar-refractivity contribution in [2.75, 3.05) is 0 Å². The molecular formula is C16H29CaO8P. The van der Waals surface area contributed by atoms with Gasteiger partial charge in [-0.3, -0.25) is 0 Å². The Morgan fingerprint density at radius 2 is 1.27 bits per heavy atom. The van der Waals surface area contributed by atoms with E-state index in [1.54, 1.807) is 0 Å². The van der Waals surface area contributed by atoms with Crippen molar-refractivity contribution in [3.63, 3.8) is 0 Å². The van der Waals surface area contributed by atoms with Crippen LogP contribution >= 0.6 is 7.82 Å². The number of hydrogen-bond acceptors (Lipinski definition) is 5.